The topological polar surface area (TPSA) is 38.7 Å². The molecule has 2 N–H and O–H groups in total. The van der Waals surface area contributed by atoms with Crippen molar-refractivity contribution in [2.75, 3.05) is 33.2 Å². The average molecular weight is 227 g/mol. The Bertz CT molecular complexity index is 204. The monoisotopic (exact) mass is 227 g/mol. The third kappa shape index (κ3) is 3.42. The molecule has 2 fully saturated rings. The smallest absolute Gasteiger partial charge is 0.0706 e. The Kier molecular flexibility index (Phi) is 4.58. The lowest BCUT2D eigenvalue weighted by Crippen LogP contribution is -2.56. The van der Waals surface area contributed by atoms with E-state index in [9.17, 15) is 5.11 Å². The van der Waals surface area contributed by atoms with Crippen molar-refractivity contribution in [1.82, 2.24) is 15.3 Å². The second-order valence-electron chi connectivity index (χ2n) is 5.23. The van der Waals surface area contributed by atoms with Crippen LogP contribution in [0.15, 0.2) is 0 Å². The minimum Gasteiger partial charge on any atom is -0.391 e. The molecule has 1 aliphatic carbocycles. The van der Waals surface area contributed by atoms with Crippen molar-refractivity contribution in [1.29, 1.82) is 0 Å². The number of aliphatic hydroxyl groups excluding tert-OH is 1. The number of hydrazine groups is 1. The molecule has 4 nitrogen and oxygen atoms in total. The van der Waals surface area contributed by atoms with E-state index in [1.54, 1.807) is 0 Å². The van der Waals surface area contributed by atoms with Crippen LogP contribution >= 0.6 is 0 Å². The van der Waals surface area contributed by atoms with Gasteiger partial charge in [-0.3, -0.25) is 0 Å². The molecular weight excluding hydrogens is 202 g/mol. The molecule has 0 spiro atoms. The summed E-state index contributed by atoms with van der Waals surface area (Å²) in [6, 6.07) is 0.283. The van der Waals surface area contributed by atoms with Crippen LogP contribution in [-0.4, -0.2) is 60.4 Å². The fraction of sp³-hybridized carbons (Fsp3) is 1.00. The summed E-state index contributed by atoms with van der Waals surface area (Å²) in [4.78, 5) is 2.35. The van der Waals surface area contributed by atoms with E-state index in [1.165, 1.54) is 19.3 Å². The first-order chi connectivity index (χ1) is 7.75. The Hall–Kier alpha value is -0.160. The van der Waals surface area contributed by atoms with Crippen LogP contribution in [0.4, 0.5) is 0 Å². The maximum atomic E-state index is 10.0. The molecule has 1 saturated heterocycles. The van der Waals surface area contributed by atoms with Gasteiger partial charge in [0.2, 0.25) is 0 Å². The molecule has 4 heteroatoms. The Morgan fingerprint density at radius 3 is 2.44 bits per heavy atom. The Labute approximate surface area is 98.6 Å². The molecule has 0 aromatic rings. The third-order valence-electron chi connectivity index (χ3n) is 3.83. The van der Waals surface area contributed by atoms with Crippen LogP contribution in [0.1, 0.15) is 32.1 Å². The molecule has 0 bridgehead atoms. The van der Waals surface area contributed by atoms with Crippen LogP contribution < -0.4 is 5.43 Å². The normalized spacial score (nSPS) is 34.9. The molecule has 16 heavy (non-hydrogen) atoms. The zero-order valence-electron chi connectivity index (χ0n) is 10.4. The minimum atomic E-state index is -0.151. The van der Waals surface area contributed by atoms with Gasteiger partial charge in [0.15, 0.2) is 0 Å². The van der Waals surface area contributed by atoms with Gasteiger partial charge in [0.1, 0.15) is 0 Å². The number of nitrogens with one attached hydrogen (secondary N) is 1. The molecule has 1 aliphatic heterocycles. The van der Waals surface area contributed by atoms with Gasteiger partial charge in [0.05, 0.1) is 6.10 Å². The number of hydrogen-bond donors (Lipinski definition) is 2. The molecule has 0 aromatic heterocycles. The Balaban J connectivity index is 1.78. The third-order valence-corrected chi connectivity index (χ3v) is 3.83. The highest BCUT2D eigenvalue weighted by Crippen LogP contribution is 2.18. The van der Waals surface area contributed by atoms with Crippen LogP contribution in [-0.2, 0) is 0 Å². The fourth-order valence-electron chi connectivity index (χ4n) is 2.61. The van der Waals surface area contributed by atoms with Gasteiger partial charge in [-0.1, -0.05) is 19.3 Å². The van der Waals surface area contributed by atoms with Gasteiger partial charge in [0.25, 0.3) is 0 Å². The summed E-state index contributed by atoms with van der Waals surface area (Å²) in [5.74, 6) is 0. The van der Waals surface area contributed by atoms with Gasteiger partial charge in [-0.2, -0.15) is 0 Å². The van der Waals surface area contributed by atoms with E-state index in [4.69, 9.17) is 0 Å². The van der Waals surface area contributed by atoms with E-state index in [2.05, 4.69) is 22.4 Å². The molecule has 94 valence electrons. The molecule has 1 heterocycles. The number of hydrogen-bond acceptors (Lipinski definition) is 4. The first-order valence-corrected chi connectivity index (χ1v) is 6.63. The second kappa shape index (κ2) is 5.96. The van der Waals surface area contributed by atoms with Crippen molar-refractivity contribution in [3.8, 4) is 0 Å². The summed E-state index contributed by atoms with van der Waals surface area (Å²) in [5.41, 5.74) is 3.52. The first-order valence-electron chi connectivity index (χ1n) is 6.63. The highest BCUT2D eigenvalue weighted by Gasteiger charge is 2.24. The van der Waals surface area contributed by atoms with Gasteiger partial charge in [-0.25, -0.2) is 10.4 Å². The number of likely N-dealkylation sites (N-methyl/N-ethyl adjacent to an activating group) is 1. The standard InChI is InChI=1S/C12H25N3O/c1-14-7-9-15(10-8-14)13-11-5-3-2-4-6-12(11)16/h11-13,16H,2-10H2,1H3. The highest BCUT2D eigenvalue weighted by atomic mass is 16.3. The summed E-state index contributed by atoms with van der Waals surface area (Å²) in [7, 11) is 2.16. The zero-order chi connectivity index (χ0) is 11.4. The number of aliphatic hydroxyl groups is 1. The lowest BCUT2D eigenvalue weighted by atomic mass is 10.1. The summed E-state index contributed by atoms with van der Waals surface area (Å²) in [5, 5.41) is 12.3. The molecule has 2 aliphatic rings. The fourth-order valence-corrected chi connectivity index (χ4v) is 2.61. The van der Waals surface area contributed by atoms with Crippen LogP contribution in [0.25, 0.3) is 0 Å². The highest BCUT2D eigenvalue weighted by molar-refractivity contribution is 4.79. The molecule has 2 atom stereocenters. The molecule has 0 radical (unpaired) electrons. The van der Waals surface area contributed by atoms with Gasteiger partial charge >= 0.3 is 0 Å². The molecule has 2 rings (SSSR count). The predicted octanol–water partition coefficient (Wildman–Crippen LogP) is 0.432. The van der Waals surface area contributed by atoms with Crippen LogP contribution in [0.5, 0.6) is 0 Å². The van der Waals surface area contributed by atoms with Crippen molar-refractivity contribution in [2.24, 2.45) is 0 Å². The summed E-state index contributed by atoms with van der Waals surface area (Å²) >= 11 is 0. The summed E-state index contributed by atoms with van der Waals surface area (Å²) in [6.45, 7) is 4.38. The zero-order valence-corrected chi connectivity index (χ0v) is 10.4. The van der Waals surface area contributed by atoms with E-state index in [0.29, 0.717) is 0 Å². The molecule has 0 amide bonds. The lowest BCUT2D eigenvalue weighted by Gasteiger charge is -2.36. The molecule has 2 unspecified atom stereocenters. The second-order valence-corrected chi connectivity index (χ2v) is 5.23. The van der Waals surface area contributed by atoms with Gasteiger partial charge in [0, 0.05) is 32.2 Å². The van der Waals surface area contributed by atoms with Crippen molar-refractivity contribution < 1.29 is 5.11 Å². The van der Waals surface area contributed by atoms with Crippen LogP contribution in [0, 0.1) is 0 Å². The summed E-state index contributed by atoms with van der Waals surface area (Å²) < 4.78 is 0. The van der Waals surface area contributed by atoms with Gasteiger partial charge in [-0.05, 0) is 19.9 Å². The Morgan fingerprint density at radius 1 is 1.00 bits per heavy atom. The number of rotatable bonds is 2. The van der Waals surface area contributed by atoms with E-state index in [0.717, 1.165) is 39.0 Å². The predicted molar refractivity (Wildman–Crippen MR) is 65.1 cm³/mol. The summed E-state index contributed by atoms with van der Waals surface area (Å²) in [6.07, 6.45) is 5.64. The SMILES string of the molecule is CN1CCN(NC2CCCCCC2O)CC1. The number of nitrogens with zero attached hydrogens (tertiary/aromatic N) is 2. The van der Waals surface area contributed by atoms with Gasteiger partial charge in [-0.15, -0.1) is 0 Å². The maximum absolute atomic E-state index is 10.0. The average Bonchev–Trinajstić information content (AvgIpc) is 2.48. The maximum Gasteiger partial charge on any atom is 0.0706 e. The van der Waals surface area contributed by atoms with Crippen molar-refractivity contribution >= 4 is 0 Å². The van der Waals surface area contributed by atoms with Crippen LogP contribution in [0.2, 0.25) is 0 Å². The minimum absolute atomic E-state index is 0.151. The lowest BCUT2D eigenvalue weighted by molar-refractivity contribution is 0.0356. The van der Waals surface area contributed by atoms with E-state index in [1.807, 2.05) is 0 Å². The molecule has 0 aromatic carbocycles. The van der Waals surface area contributed by atoms with E-state index < -0.39 is 0 Å². The first kappa shape index (κ1) is 12.3. The molecular formula is C12H25N3O. The Morgan fingerprint density at radius 2 is 1.69 bits per heavy atom. The van der Waals surface area contributed by atoms with Crippen molar-refractivity contribution in [2.45, 2.75) is 44.2 Å². The van der Waals surface area contributed by atoms with Crippen LogP contribution in [0.3, 0.4) is 0 Å². The van der Waals surface area contributed by atoms with Gasteiger partial charge < -0.3 is 10.0 Å². The number of piperazine rings is 1. The van der Waals surface area contributed by atoms with E-state index in [-0.39, 0.29) is 12.1 Å². The van der Waals surface area contributed by atoms with E-state index >= 15 is 0 Å². The van der Waals surface area contributed by atoms with Crippen molar-refractivity contribution in [3.05, 3.63) is 0 Å². The largest absolute Gasteiger partial charge is 0.391 e. The quantitative estimate of drug-likeness (QED) is 0.671. The van der Waals surface area contributed by atoms with Crippen molar-refractivity contribution in [3.63, 3.8) is 0 Å². The molecule has 1 saturated carbocycles.